The van der Waals surface area contributed by atoms with E-state index in [1.165, 1.54) is 12.1 Å². The number of rotatable bonds is 4. The van der Waals surface area contributed by atoms with Gasteiger partial charge >= 0.3 is 0 Å². The third kappa shape index (κ3) is 3.36. The molecular formula is C17H15ClN2O3S. The van der Waals surface area contributed by atoms with Gasteiger partial charge in [0.2, 0.25) is 10.0 Å². The smallest absolute Gasteiger partial charge is 0.238 e. The number of nitrogens with zero attached hydrogens (tertiary/aromatic N) is 1. The number of oxazole rings is 1. The van der Waals surface area contributed by atoms with Crippen LogP contribution in [0.4, 0.5) is 0 Å². The molecule has 0 radical (unpaired) electrons. The van der Waals surface area contributed by atoms with Crippen LogP contribution in [0.15, 0.2) is 57.8 Å². The number of hydrogen-bond acceptors (Lipinski definition) is 4. The largest absolute Gasteiger partial charge is 0.440 e. The molecule has 5 nitrogen and oxygen atoms in total. The topological polar surface area (TPSA) is 86.2 Å². The van der Waals surface area contributed by atoms with E-state index in [-0.39, 0.29) is 4.90 Å². The summed E-state index contributed by atoms with van der Waals surface area (Å²) in [6.45, 7) is 1.95. The first-order chi connectivity index (χ1) is 11.4. The lowest BCUT2D eigenvalue weighted by atomic mass is 10.1. The monoisotopic (exact) mass is 362 g/mol. The normalized spacial score (nSPS) is 11.6. The van der Waals surface area contributed by atoms with Gasteiger partial charge in [-0.05, 0) is 24.3 Å². The lowest BCUT2D eigenvalue weighted by molar-refractivity contribution is 0.514. The summed E-state index contributed by atoms with van der Waals surface area (Å²) >= 11 is 6.06. The van der Waals surface area contributed by atoms with Crippen molar-refractivity contribution >= 4 is 21.6 Å². The third-order valence-corrected chi connectivity index (χ3v) is 4.68. The summed E-state index contributed by atoms with van der Waals surface area (Å²) in [5.74, 6) is 1.19. The fourth-order valence-electron chi connectivity index (χ4n) is 2.34. The highest BCUT2D eigenvalue weighted by Crippen LogP contribution is 2.34. The highest BCUT2D eigenvalue weighted by atomic mass is 35.5. The zero-order valence-corrected chi connectivity index (χ0v) is 14.4. The van der Waals surface area contributed by atoms with Crippen LogP contribution in [0.2, 0.25) is 5.02 Å². The highest BCUT2D eigenvalue weighted by Gasteiger charge is 2.17. The number of aromatic nitrogens is 1. The first-order valence-corrected chi connectivity index (χ1v) is 9.20. The maximum atomic E-state index is 11.4. The van der Waals surface area contributed by atoms with Crippen LogP contribution in [0.3, 0.4) is 0 Å². The SMILES string of the molecule is CCc1nc(-c2ccc(S(N)(=O)=O)cc2)c(-c2cccc(Cl)c2)o1. The molecule has 0 aliphatic rings. The van der Waals surface area contributed by atoms with Crippen molar-refractivity contribution in [3.8, 4) is 22.6 Å². The van der Waals surface area contributed by atoms with E-state index in [9.17, 15) is 8.42 Å². The van der Waals surface area contributed by atoms with Gasteiger partial charge < -0.3 is 4.42 Å². The second kappa shape index (κ2) is 6.39. The molecule has 0 unspecified atom stereocenters. The fraction of sp³-hybridized carbons (Fsp3) is 0.118. The van der Waals surface area contributed by atoms with Crippen molar-refractivity contribution < 1.29 is 12.8 Å². The Labute approximate surface area is 145 Å². The summed E-state index contributed by atoms with van der Waals surface area (Å²) in [5.41, 5.74) is 2.18. The maximum absolute atomic E-state index is 11.4. The fourth-order valence-corrected chi connectivity index (χ4v) is 3.04. The molecule has 0 atom stereocenters. The van der Waals surface area contributed by atoms with Gasteiger partial charge in [0.15, 0.2) is 11.7 Å². The predicted molar refractivity (Wildman–Crippen MR) is 93.1 cm³/mol. The van der Waals surface area contributed by atoms with E-state index >= 15 is 0 Å². The summed E-state index contributed by atoms with van der Waals surface area (Å²) < 4.78 is 28.6. The third-order valence-electron chi connectivity index (χ3n) is 3.52. The molecule has 0 saturated carbocycles. The minimum absolute atomic E-state index is 0.0507. The van der Waals surface area contributed by atoms with Crippen molar-refractivity contribution in [1.29, 1.82) is 0 Å². The van der Waals surface area contributed by atoms with Crippen LogP contribution < -0.4 is 5.14 Å². The molecule has 0 fully saturated rings. The van der Waals surface area contributed by atoms with Gasteiger partial charge in [0.1, 0.15) is 5.69 Å². The van der Waals surface area contributed by atoms with Crippen LogP contribution in [0.5, 0.6) is 0 Å². The lowest BCUT2D eigenvalue weighted by Crippen LogP contribution is -2.11. The van der Waals surface area contributed by atoms with E-state index in [1.807, 2.05) is 19.1 Å². The van der Waals surface area contributed by atoms with Crippen LogP contribution in [-0.2, 0) is 16.4 Å². The van der Waals surface area contributed by atoms with Gasteiger partial charge in [-0.2, -0.15) is 0 Å². The number of halogens is 1. The Balaban J connectivity index is 2.12. The minimum atomic E-state index is -3.73. The summed E-state index contributed by atoms with van der Waals surface area (Å²) in [5, 5.41) is 5.73. The van der Waals surface area contributed by atoms with Crippen molar-refractivity contribution in [3.63, 3.8) is 0 Å². The Morgan fingerprint density at radius 2 is 1.83 bits per heavy atom. The number of primary sulfonamides is 1. The predicted octanol–water partition coefficient (Wildman–Crippen LogP) is 3.87. The second-order valence-corrected chi connectivity index (χ2v) is 7.22. The van der Waals surface area contributed by atoms with Gasteiger partial charge in [0.05, 0.1) is 4.90 Å². The Morgan fingerprint density at radius 3 is 2.42 bits per heavy atom. The second-order valence-electron chi connectivity index (χ2n) is 5.22. The Morgan fingerprint density at radius 1 is 1.12 bits per heavy atom. The molecule has 0 aliphatic heterocycles. The van der Waals surface area contributed by atoms with E-state index < -0.39 is 10.0 Å². The molecular weight excluding hydrogens is 348 g/mol. The number of sulfonamides is 1. The highest BCUT2D eigenvalue weighted by molar-refractivity contribution is 7.89. The van der Waals surface area contributed by atoms with E-state index in [2.05, 4.69) is 4.98 Å². The molecule has 3 rings (SSSR count). The molecule has 2 aromatic carbocycles. The van der Waals surface area contributed by atoms with E-state index in [0.717, 1.165) is 11.1 Å². The van der Waals surface area contributed by atoms with Gasteiger partial charge in [-0.25, -0.2) is 18.5 Å². The molecule has 0 amide bonds. The zero-order valence-electron chi connectivity index (χ0n) is 12.9. The molecule has 0 spiro atoms. The Hall–Kier alpha value is -2.15. The average Bonchev–Trinajstić information content (AvgIpc) is 2.98. The Bertz CT molecular complexity index is 979. The minimum Gasteiger partial charge on any atom is -0.440 e. The standard InChI is InChI=1S/C17H15ClN2O3S/c1-2-15-20-16(11-6-8-14(9-7-11)24(19,21)22)17(23-15)12-4-3-5-13(18)10-12/h3-10H,2H2,1H3,(H2,19,21,22). The van der Waals surface area contributed by atoms with Gasteiger partial charge in [-0.3, -0.25) is 0 Å². The van der Waals surface area contributed by atoms with Crippen molar-refractivity contribution in [1.82, 2.24) is 4.98 Å². The summed E-state index contributed by atoms with van der Waals surface area (Å²) in [6.07, 6.45) is 0.642. The van der Waals surface area contributed by atoms with Crippen molar-refractivity contribution in [3.05, 3.63) is 59.4 Å². The molecule has 7 heteroatoms. The van der Waals surface area contributed by atoms with Crippen LogP contribution in [0, 0.1) is 0 Å². The number of nitrogens with two attached hydrogens (primary N) is 1. The van der Waals surface area contributed by atoms with Crippen molar-refractivity contribution in [2.45, 2.75) is 18.2 Å². The van der Waals surface area contributed by atoms with E-state index in [1.54, 1.807) is 24.3 Å². The maximum Gasteiger partial charge on any atom is 0.238 e. The van der Waals surface area contributed by atoms with Crippen LogP contribution in [0.1, 0.15) is 12.8 Å². The first kappa shape index (κ1) is 16.7. The quantitative estimate of drug-likeness (QED) is 0.763. The van der Waals surface area contributed by atoms with Crippen molar-refractivity contribution in [2.75, 3.05) is 0 Å². The molecule has 24 heavy (non-hydrogen) atoms. The van der Waals surface area contributed by atoms with Gasteiger partial charge in [0.25, 0.3) is 0 Å². The Kier molecular flexibility index (Phi) is 4.45. The number of benzene rings is 2. The summed E-state index contributed by atoms with van der Waals surface area (Å²) in [7, 11) is -3.73. The first-order valence-electron chi connectivity index (χ1n) is 7.27. The zero-order chi connectivity index (χ0) is 17.3. The average molecular weight is 363 g/mol. The molecule has 0 aliphatic carbocycles. The van der Waals surface area contributed by atoms with Gasteiger partial charge in [-0.1, -0.05) is 42.8 Å². The molecule has 1 aromatic heterocycles. The van der Waals surface area contributed by atoms with Crippen LogP contribution in [0.25, 0.3) is 22.6 Å². The van der Waals surface area contributed by atoms with E-state index in [4.69, 9.17) is 21.2 Å². The lowest BCUT2D eigenvalue weighted by Gasteiger charge is -2.03. The van der Waals surface area contributed by atoms with E-state index in [0.29, 0.717) is 28.8 Å². The van der Waals surface area contributed by atoms with Gasteiger partial charge in [0, 0.05) is 22.6 Å². The molecule has 1 heterocycles. The molecule has 2 N–H and O–H groups in total. The molecule has 0 saturated heterocycles. The van der Waals surface area contributed by atoms with Crippen molar-refractivity contribution in [2.24, 2.45) is 5.14 Å². The van der Waals surface area contributed by atoms with Gasteiger partial charge in [-0.15, -0.1) is 0 Å². The molecule has 0 bridgehead atoms. The van der Waals surface area contributed by atoms with Crippen LogP contribution in [-0.4, -0.2) is 13.4 Å². The number of aryl methyl sites for hydroxylation is 1. The molecule has 3 aromatic rings. The van der Waals surface area contributed by atoms with Crippen LogP contribution >= 0.6 is 11.6 Å². The molecule has 124 valence electrons. The summed E-state index contributed by atoms with van der Waals surface area (Å²) in [6, 6.07) is 13.5. The number of hydrogen-bond donors (Lipinski definition) is 1. The summed E-state index contributed by atoms with van der Waals surface area (Å²) in [4.78, 5) is 4.56.